The van der Waals surface area contributed by atoms with Gasteiger partial charge in [-0.3, -0.25) is 9.59 Å². The van der Waals surface area contributed by atoms with Crippen LogP contribution in [-0.2, 0) is 11.2 Å². The minimum atomic E-state index is -0.648. The number of carbonyl (C=O) groups is 2. The van der Waals surface area contributed by atoms with Crippen molar-refractivity contribution in [1.29, 1.82) is 0 Å². The lowest BCUT2D eigenvalue weighted by atomic mass is 10.1. The van der Waals surface area contributed by atoms with Crippen LogP contribution >= 0.6 is 11.6 Å². The second kappa shape index (κ2) is 8.48. The van der Waals surface area contributed by atoms with Crippen molar-refractivity contribution in [1.82, 2.24) is 9.80 Å². The number of amides is 2. The number of halogens is 3. The normalized spacial score (nSPS) is 14.3. The number of piperazine rings is 1. The third-order valence-electron chi connectivity index (χ3n) is 4.64. The first-order valence-electron chi connectivity index (χ1n) is 8.71. The monoisotopic (exact) mass is 392 g/mol. The van der Waals surface area contributed by atoms with Crippen LogP contribution in [0.2, 0.25) is 5.02 Å². The molecule has 4 nitrogen and oxygen atoms in total. The molecule has 3 rings (SSSR count). The minimum absolute atomic E-state index is 0.0182. The van der Waals surface area contributed by atoms with Crippen LogP contribution in [0.5, 0.6) is 0 Å². The summed E-state index contributed by atoms with van der Waals surface area (Å²) >= 11 is 5.96. The second-order valence-electron chi connectivity index (χ2n) is 6.40. The third-order valence-corrected chi connectivity index (χ3v) is 4.95. The first-order valence-corrected chi connectivity index (χ1v) is 9.09. The molecule has 0 atom stereocenters. The molecule has 0 radical (unpaired) electrons. The molecule has 1 fully saturated rings. The summed E-state index contributed by atoms with van der Waals surface area (Å²) in [6, 6.07) is 10.2. The minimum Gasteiger partial charge on any atom is -0.339 e. The van der Waals surface area contributed by atoms with Gasteiger partial charge in [-0.25, -0.2) is 8.78 Å². The third kappa shape index (κ3) is 4.63. The van der Waals surface area contributed by atoms with Crippen molar-refractivity contribution in [2.75, 3.05) is 26.2 Å². The number of hydrogen-bond donors (Lipinski definition) is 0. The number of rotatable bonds is 4. The van der Waals surface area contributed by atoms with E-state index in [1.807, 2.05) is 0 Å². The lowest BCUT2D eigenvalue weighted by Gasteiger charge is -2.35. The summed E-state index contributed by atoms with van der Waals surface area (Å²) in [7, 11) is 0. The highest BCUT2D eigenvalue weighted by Crippen LogP contribution is 2.21. The Morgan fingerprint density at radius 1 is 0.926 bits per heavy atom. The zero-order valence-corrected chi connectivity index (χ0v) is 15.4. The largest absolute Gasteiger partial charge is 0.339 e. The molecule has 7 heteroatoms. The summed E-state index contributed by atoms with van der Waals surface area (Å²) in [6.45, 7) is 1.43. The van der Waals surface area contributed by atoms with Gasteiger partial charge in [0.1, 0.15) is 11.6 Å². The van der Waals surface area contributed by atoms with Gasteiger partial charge in [-0.1, -0.05) is 29.8 Å². The van der Waals surface area contributed by atoms with Crippen molar-refractivity contribution in [2.24, 2.45) is 0 Å². The number of benzene rings is 2. The van der Waals surface area contributed by atoms with E-state index in [4.69, 9.17) is 11.6 Å². The fourth-order valence-electron chi connectivity index (χ4n) is 3.08. The zero-order valence-electron chi connectivity index (χ0n) is 14.6. The molecule has 2 aromatic carbocycles. The summed E-state index contributed by atoms with van der Waals surface area (Å²) in [4.78, 5) is 28.1. The number of hydrogen-bond acceptors (Lipinski definition) is 2. The molecule has 0 bridgehead atoms. The molecule has 0 aliphatic carbocycles. The molecule has 0 spiro atoms. The van der Waals surface area contributed by atoms with Crippen molar-refractivity contribution in [2.45, 2.75) is 12.8 Å². The molecular formula is C20H19ClF2N2O2. The van der Waals surface area contributed by atoms with Crippen LogP contribution in [0.1, 0.15) is 22.3 Å². The molecule has 0 saturated carbocycles. The summed E-state index contributed by atoms with van der Waals surface area (Å²) in [5, 5.41) is 0.0813. The Hall–Kier alpha value is -2.47. The Kier molecular flexibility index (Phi) is 6.06. The highest BCUT2D eigenvalue weighted by molar-refractivity contribution is 6.33. The van der Waals surface area contributed by atoms with Crippen LogP contribution in [0.4, 0.5) is 8.78 Å². The van der Waals surface area contributed by atoms with Crippen LogP contribution < -0.4 is 0 Å². The predicted molar refractivity (Wildman–Crippen MR) is 98.6 cm³/mol. The topological polar surface area (TPSA) is 40.6 Å². The Morgan fingerprint density at radius 3 is 2.19 bits per heavy atom. The van der Waals surface area contributed by atoms with Crippen LogP contribution in [0.25, 0.3) is 0 Å². The van der Waals surface area contributed by atoms with Gasteiger partial charge < -0.3 is 9.80 Å². The van der Waals surface area contributed by atoms with E-state index < -0.39 is 11.7 Å². The van der Waals surface area contributed by atoms with Gasteiger partial charge in [-0.2, -0.15) is 0 Å². The van der Waals surface area contributed by atoms with E-state index in [9.17, 15) is 18.4 Å². The van der Waals surface area contributed by atoms with Gasteiger partial charge in [0.05, 0.1) is 10.6 Å². The highest BCUT2D eigenvalue weighted by atomic mass is 35.5. The van der Waals surface area contributed by atoms with Crippen LogP contribution in [-0.4, -0.2) is 47.8 Å². The molecule has 2 aromatic rings. The van der Waals surface area contributed by atoms with Gasteiger partial charge in [0.2, 0.25) is 5.91 Å². The van der Waals surface area contributed by atoms with Gasteiger partial charge in [-0.15, -0.1) is 0 Å². The molecule has 1 aliphatic rings. The summed E-state index contributed by atoms with van der Waals surface area (Å²) in [6.07, 6.45) is 0.849. The van der Waals surface area contributed by atoms with E-state index in [0.29, 0.717) is 39.0 Å². The van der Waals surface area contributed by atoms with Crippen LogP contribution in [0.3, 0.4) is 0 Å². The molecule has 0 aromatic heterocycles. The van der Waals surface area contributed by atoms with Crippen molar-refractivity contribution in [3.05, 3.63) is 70.2 Å². The van der Waals surface area contributed by atoms with Gasteiger partial charge >= 0.3 is 0 Å². The van der Waals surface area contributed by atoms with E-state index in [0.717, 1.165) is 5.56 Å². The average Bonchev–Trinajstić information content (AvgIpc) is 2.67. The van der Waals surface area contributed by atoms with E-state index >= 15 is 0 Å². The fraction of sp³-hybridized carbons (Fsp3) is 0.300. The highest BCUT2D eigenvalue weighted by Gasteiger charge is 2.27. The molecule has 1 aliphatic heterocycles. The Morgan fingerprint density at radius 2 is 1.56 bits per heavy atom. The molecule has 0 N–H and O–H groups in total. The first kappa shape index (κ1) is 19.3. The van der Waals surface area contributed by atoms with Crippen molar-refractivity contribution in [3.8, 4) is 0 Å². The van der Waals surface area contributed by atoms with Gasteiger partial charge in [0, 0.05) is 32.6 Å². The number of aryl methyl sites for hydroxylation is 1. The van der Waals surface area contributed by atoms with Gasteiger partial charge in [0.25, 0.3) is 5.91 Å². The maximum atomic E-state index is 13.9. The van der Waals surface area contributed by atoms with Crippen molar-refractivity contribution < 1.29 is 18.4 Å². The van der Waals surface area contributed by atoms with E-state index in [1.165, 1.54) is 35.2 Å². The maximum absolute atomic E-state index is 13.9. The van der Waals surface area contributed by atoms with Crippen molar-refractivity contribution >= 4 is 23.4 Å². The molecule has 27 heavy (non-hydrogen) atoms. The maximum Gasteiger partial charge on any atom is 0.258 e. The zero-order chi connectivity index (χ0) is 19.4. The fourth-order valence-corrected chi connectivity index (χ4v) is 3.32. The second-order valence-corrected chi connectivity index (χ2v) is 6.80. The Balaban J connectivity index is 1.53. The SMILES string of the molecule is O=C(CCc1ccc(F)cc1)N1CCN(C(=O)c2c(F)cccc2Cl)CC1. The number of nitrogens with zero attached hydrogens (tertiary/aromatic N) is 2. The van der Waals surface area contributed by atoms with E-state index in [1.54, 1.807) is 17.0 Å². The average molecular weight is 393 g/mol. The quantitative estimate of drug-likeness (QED) is 0.798. The molecule has 142 valence electrons. The Labute approximate surface area is 161 Å². The van der Waals surface area contributed by atoms with E-state index in [2.05, 4.69) is 0 Å². The van der Waals surface area contributed by atoms with Gasteiger partial charge in [0.15, 0.2) is 0 Å². The van der Waals surface area contributed by atoms with Gasteiger partial charge in [-0.05, 0) is 36.2 Å². The van der Waals surface area contributed by atoms with Crippen molar-refractivity contribution in [3.63, 3.8) is 0 Å². The molecule has 1 saturated heterocycles. The number of carbonyl (C=O) groups excluding carboxylic acids is 2. The summed E-state index contributed by atoms with van der Waals surface area (Å²) < 4.78 is 26.8. The molecule has 0 unspecified atom stereocenters. The lowest BCUT2D eigenvalue weighted by Crippen LogP contribution is -2.50. The molecule has 1 heterocycles. The summed E-state index contributed by atoms with van der Waals surface area (Å²) in [5.41, 5.74) is 0.767. The first-order chi connectivity index (χ1) is 13.0. The van der Waals surface area contributed by atoms with E-state index in [-0.39, 0.29) is 22.3 Å². The molecular weight excluding hydrogens is 374 g/mol. The summed E-state index contributed by atoms with van der Waals surface area (Å²) in [5.74, 6) is -1.43. The van der Waals surface area contributed by atoms with Crippen LogP contribution in [0.15, 0.2) is 42.5 Å². The predicted octanol–water partition coefficient (Wildman–Crippen LogP) is 3.54. The smallest absolute Gasteiger partial charge is 0.258 e. The molecule has 2 amide bonds. The lowest BCUT2D eigenvalue weighted by molar-refractivity contribution is -0.132. The Bertz CT molecular complexity index is 814. The van der Waals surface area contributed by atoms with Crippen LogP contribution in [0, 0.1) is 11.6 Å². The standard InChI is InChI=1S/C20H19ClF2N2O2/c21-16-2-1-3-17(23)19(16)20(27)25-12-10-24(11-13-25)18(26)9-6-14-4-7-15(22)8-5-14/h1-5,7-8H,6,9-13H2.